The first kappa shape index (κ1) is 11.6. The quantitative estimate of drug-likeness (QED) is 0.808. The molecular weight excluding hydrogens is 218 g/mol. The van der Waals surface area contributed by atoms with Gasteiger partial charge in [0.05, 0.1) is 12.6 Å². The molecule has 5 nitrogen and oxygen atoms in total. The maximum atomic E-state index is 11.9. The van der Waals surface area contributed by atoms with Crippen LogP contribution in [-0.2, 0) is 9.59 Å². The Morgan fingerprint density at radius 1 is 1.53 bits per heavy atom. The van der Waals surface area contributed by atoms with Crippen molar-refractivity contribution in [3.8, 4) is 0 Å². The number of nitrogens with zero attached hydrogens (tertiary/aromatic N) is 2. The molecule has 0 radical (unpaired) electrons. The van der Waals surface area contributed by atoms with E-state index in [1.54, 1.807) is 24.2 Å². The number of carbonyl (C=O) groups excluding carboxylic acids is 2. The third-order valence-electron chi connectivity index (χ3n) is 3.08. The number of aromatic nitrogens is 1. The summed E-state index contributed by atoms with van der Waals surface area (Å²) in [6, 6.07) is 3.15. The Bertz CT molecular complexity index is 433. The van der Waals surface area contributed by atoms with Crippen molar-refractivity contribution < 1.29 is 9.59 Å². The zero-order valence-electron chi connectivity index (χ0n) is 9.88. The van der Waals surface area contributed by atoms with Crippen LogP contribution in [0.15, 0.2) is 24.5 Å². The van der Waals surface area contributed by atoms with Gasteiger partial charge in [0.15, 0.2) is 0 Å². The lowest BCUT2D eigenvalue weighted by molar-refractivity contribution is -0.147. The van der Waals surface area contributed by atoms with Crippen LogP contribution in [0.4, 0.5) is 0 Å². The zero-order valence-corrected chi connectivity index (χ0v) is 9.88. The van der Waals surface area contributed by atoms with Crippen LogP contribution in [-0.4, -0.2) is 34.3 Å². The van der Waals surface area contributed by atoms with Crippen LogP contribution in [0.2, 0.25) is 0 Å². The Balaban J connectivity index is 2.26. The lowest BCUT2D eigenvalue weighted by Crippen LogP contribution is -2.57. The van der Waals surface area contributed by atoms with Crippen molar-refractivity contribution >= 4 is 11.8 Å². The van der Waals surface area contributed by atoms with Crippen molar-refractivity contribution in [2.24, 2.45) is 0 Å². The van der Waals surface area contributed by atoms with Gasteiger partial charge in [0, 0.05) is 12.4 Å². The summed E-state index contributed by atoms with van der Waals surface area (Å²) < 4.78 is 0. The standard InChI is InChI=1S/C12H15N3O2/c1-8(10-4-3-5-13-6-10)15-9(2)12(17)14-7-11(15)16/h3-6,8-9H,7H2,1-2H3,(H,14,17). The molecule has 0 aliphatic carbocycles. The SMILES string of the molecule is CC1C(=O)NCC(=O)N1C(C)c1cccnc1. The number of piperazine rings is 1. The first-order valence-electron chi connectivity index (χ1n) is 5.60. The molecule has 0 bridgehead atoms. The van der Waals surface area contributed by atoms with Gasteiger partial charge >= 0.3 is 0 Å². The van der Waals surface area contributed by atoms with Crippen LogP contribution in [0.1, 0.15) is 25.5 Å². The average molecular weight is 233 g/mol. The summed E-state index contributed by atoms with van der Waals surface area (Å²) >= 11 is 0. The first-order valence-corrected chi connectivity index (χ1v) is 5.60. The minimum Gasteiger partial charge on any atom is -0.345 e. The van der Waals surface area contributed by atoms with Gasteiger partial charge in [-0.25, -0.2) is 0 Å². The summed E-state index contributed by atoms with van der Waals surface area (Å²) in [7, 11) is 0. The van der Waals surface area contributed by atoms with E-state index in [-0.39, 0.29) is 24.4 Å². The van der Waals surface area contributed by atoms with Gasteiger partial charge in [0.25, 0.3) is 0 Å². The summed E-state index contributed by atoms with van der Waals surface area (Å²) in [5.74, 6) is -0.172. The molecule has 1 aromatic rings. The second kappa shape index (κ2) is 4.53. The van der Waals surface area contributed by atoms with Crippen LogP contribution in [0.25, 0.3) is 0 Å². The maximum Gasteiger partial charge on any atom is 0.243 e. The highest BCUT2D eigenvalue weighted by Crippen LogP contribution is 2.23. The summed E-state index contributed by atoms with van der Waals surface area (Å²) in [6.45, 7) is 3.72. The van der Waals surface area contributed by atoms with E-state index in [1.165, 1.54) is 0 Å². The van der Waals surface area contributed by atoms with Gasteiger partial charge in [-0.05, 0) is 25.5 Å². The van der Waals surface area contributed by atoms with Crippen molar-refractivity contribution in [2.75, 3.05) is 6.54 Å². The van der Waals surface area contributed by atoms with E-state index in [9.17, 15) is 9.59 Å². The number of nitrogens with one attached hydrogen (secondary N) is 1. The molecule has 1 fully saturated rings. The van der Waals surface area contributed by atoms with Gasteiger partial charge in [-0.2, -0.15) is 0 Å². The first-order chi connectivity index (χ1) is 8.11. The van der Waals surface area contributed by atoms with Crippen LogP contribution in [0, 0.1) is 0 Å². The Labute approximate surface area is 99.8 Å². The lowest BCUT2D eigenvalue weighted by atomic mass is 10.1. The van der Waals surface area contributed by atoms with E-state index in [4.69, 9.17) is 0 Å². The van der Waals surface area contributed by atoms with E-state index in [0.29, 0.717) is 0 Å². The minimum atomic E-state index is -0.438. The van der Waals surface area contributed by atoms with Crippen molar-refractivity contribution in [2.45, 2.75) is 25.9 Å². The molecule has 1 aromatic heterocycles. The highest BCUT2D eigenvalue weighted by Gasteiger charge is 2.34. The highest BCUT2D eigenvalue weighted by atomic mass is 16.2. The molecule has 1 aliphatic heterocycles. The summed E-state index contributed by atoms with van der Waals surface area (Å²) in [5.41, 5.74) is 0.933. The van der Waals surface area contributed by atoms with Gasteiger partial charge in [-0.3, -0.25) is 14.6 Å². The fraction of sp³-hybridized carbons (Fsp3) is 0.417. The van der Waals surface area contributed by atoms with E-state index in [1.807, 2.05) is 19.1 Å². The third kappa shape index (κ3) is 2.13. The molecule has 2 heterocycles. The minimum absolute atomic E-state index is 0.0616. The Kier molecular flexibility index (Phi) is 3.08. The maximum absolute atomic E-state index is 11.9. The van der Waals surface area contributed by atoms with Crippen molar-refractivity contribution in [3.05, 3.63) is 30.1 Å². The van der Waals surface area contributed by atoms with Gasteiger partial charge in [0.2, 0.25) is 11.8 Å². The fourth-order valence-electron chi connectivity index (χ4n) is 2.08. The van der Waals surface area contributed by atoms with Crippen LogP contribution in [0.5, 0.6) is 0 Å². The molecular formula is C12H15N3O2. The Morgan fingerprint density at radius 3 is 2.94 bits per heavy atom. The van der Waals surface area contributed by atoms with Gasteiger partial charge in [-0.15, -0.1) is 0 Å². The highest BCUT2D eigenvalue weighted by molar-refractivity contribution is 5.94. The van der Waals surface area contributed by atoms with E-state index in [0.717, 1.165) is 5.56 Å². The van der Waals surface area contributed by atoms with Gasteiger partial charge in [-0.1, -0.05) is 6.07 Å². The molecule has 5 heteroatoms. The molecule has 0 spiro atoms. The number of carbonyl (C=O) groups is 2. The summed E-state index contributed by atoms with van der Waals surface area (Å²) in [5, 5.41) is 2.57. The molecule has 17 heavy (non-hydrogen) atoms. The average Bonchev–Trinajstić information content (AvgIpc) is 2.35. The van der Waals surface area contributed by atoms with Crippen LogP contribution in [0.3, 0.4) is 0 Å². The van der Waals surface area contributed by atoms with Crippen LogP contribution < -0.4 is 5.32 Å². The van der Waals surface area contributed by atoms with Gasteiger partial charge in [0.1, 0.15) is 6.04 Å². The normalized spacial score (nSPS) is 22.2. The van der Waals surface area contributed by atoms with E-state index in [2.05, 4.69) is 10.3 Å². The zero-order chi connectivity index (χ0) is 12.4. The smallest absolute Gasteiger partial charge is 0.243 e. The van der Waals surface area contributed by atoms with Crippen molar-refractivity contribution in [1.29, 1.82) is 0 Å². The molecule has 2 rings (SSSR count). The molecule has 2 unspecified atom stereocenters. The number of pyridine rings is 1. The van der Waals surface area contributed by atoms with E-state index < -0.39 is 6.04 Å². The molecule has 1 N–H and O–H groups in total. The number of amides is 2. The summed E-state index contributed by atoms with van der Waals surface area (Å²) in [6.07, 6.45) is 3.40. The molecule has 2 atom stereocenters. The molecule has 0 saturated carbocycles. The van der Waals surface area contributed by atoms with Crippen molar-refractivity contribution in [1.82, 2.24) is 15.2 Å². The second-order valence-electron chi connectivity index (χ2n) is 4.16. The van der Waals surface area contributed by atoms with E-state index >= 15 is 0 Å². The Morgan fingerprint density at radius 2 is 2.29 bits per heavy atom. The number of hydrogen-bond donors (Lipinski definition) is 1. The summed E-state index contributed by atoms with van der Waals surface area (Å²) in [4.78, 5) is 29.1. The number of rotatable bonds is 2. The molecule has 90 valence electrons. The van der Waals surface area contributed by atoms with Crippen molar-refractivity contribution in [3.63, 3.8) is 0 Å². The molecule has 1 aliphatic rings. The topological polar surface area (TPSA) is 62.3 Å². The largest absolute Gasteiger partial charge is 0.345 e. The van der Waals surface area contributed by atoms with Gasteiger partial charge < -0.3 is 10.2 Å². The predicted molar refractivity (Wildman–Crippen MR) is 62.0 cm³/mol. The molecule has 0 aromatic carbocycles. The number of hydrogen-bond acceptors (Lipinski definition) is 3. The fourth-order valence-corrected chi connectivity index (χ4v) is 2.08. The third-order valence-corrected chi connectivity index (χ3v) is 3.08. The molecule has 2 amide bonds. The Hall–Kier alpha value is -1.91. The molecule has 1 saturated heterocycles. The lowest BCUT2D eigenvalue weighted by Gasteiger charge is -2.37. The predicted octanol–water partition coefficient (Wildman–Crippen LogP) is 0.489. The monoisotopic (exact) mass is 233 g/mol. The second-order valence-corrected chi connectivity index (χ2v) is 4.16. The van der Waals surface area contributed by atoms with Crippen LogP contribution >= 0.6 is 0 Å².